The van der Waals surface area contributed by atoms with Gasteiger partial charge in [-0.05, 0) is 70.0 Å². The third kappa shape index (κ3) is 4.67. The zero-order chi connectivity index (χ0) is 15.4. The fraction of sp³-hybridized carbons (Fsp3) is 1.00. The first-order valence-electron chi connectivity index (χ1n) is 9.19. The van der Waals surface area contributed by atoms with E-state index < -0.39 is 0 Å². The molecular weight excluding hydrogens is 258 g/mol. The number of hydrogen-bond donors (Lipinski definition) is 1. The number of hydrogen-bond acceptors (Lipinski definition) is 3. The lowest BCUT2D eigenvalue weighted by molar-refractivity contribution is 0.107. The van der Waals surface area contributed by atoms with Gasteiger partial charge in [0.15, 0.2) is 0 Å². The van der Waals surface area contributed by atoms with Gasteiger partial charge in [0.1, 0.15) is 0 Å². The molecular formula is C18H37N3. The van der Waals surface area contributed by atoms with Crippen molar-refractivity contribution in [3.8, 4) is 0 Å². The van der Waals surface area contributed by atoms with Crippen LogP contribution in [0.15, 0.2) is 0 Å². The zero-order valence-corrected chi connectivity index (χ0v) is 14.7. The van der Waals surface area contributed by atoms with Crippen molar-refractivity contribution in [3.05, 3.63) is 0 Å². The van der Waals surface area contributed by atoms with Crippen molar-refractivity contribution in [2.75, 3.05) is 33.2 Å². The summed E-state index contributed by atoms with van der Waals surface area (Å²) in [5.41, 5.74) is 6.47. The molecule has 0 aromatic carbocycles. The summed E-state index contributed by atoms with van der Waals surface area (Å²) in [6.45, 7) is 12.1. The van der Waals surface area contributed by atoms with Crippen LogP contribution in [-0.2, 0) is 0 Å². The highest BCUT2D eigenvalue weighted by Crippen LogP contribution is 2.34. The normalized spacial score (nSPS) is 36.9. The molecule has 3 nitrogen and oxygen atoms in total. The molecule has 1 heterocycles. The lowest BCUT2D eigenvalue weighted by Crippen LogP contribution is -2.48. The van der Waals surface area contributed by atoms with E-state index in [0.717, 1.165) is 17.9 Å². The van der Waals surface area contributed by atoms with Gasteiger partial charge in [-0.2, -0.15) is 0 Å². The van der Waals surface area contributed by atoms with Gasteiger partial charge < -0.3 is 10.6 Å². The molecule has 1 aliphatic carbocycles. The Kier molecular flexibility index (Phi) is 6.51. The van der Waals surface area contributed by atoms with E-state index in [0.29, 0.717) is 12.0 Å². The molecule has 2 fully saturated rings. The van der Waals surface area contributed by atoms with E-state index in [4.69, 9.17) is 5.73 Å². The van der Waals surface area contributed by atoms with Crippen molar-refractivity contribution in [1.82, 2.24) is 9.80 Å². The summed E-state index contributed by atoms with van der Waals surface area (Å²) < 4.78 is 0. The molecule has 0 aromatic heterocycles. The van der Waals surface area contributed by atoms with Crippen LogP contribution in [0, 0.1) is 17.8 Å². The van der Waals surface area contributed by atoms with Gasteiger partial charge in [-0.15, -0.1) is 0 Å². The fourth-order valence-electron chi connectivity index (χ4n) is 4.36. The van der Waals surface area contributed by atoms with E-state index in [1.54, 1.807) is 0 Å². The van der Waals surface area contributed by atoms with Gasteiger partial charge in [0, 0.05) is 25.2 Å². The first-order valence-corrected chi connectivity index (χ1v) is 9.19. The van der Waals surface area contributed by atoms with Crippen molar-refractivity contribution in [3.63, 3.8) is 0 Å². The lowest BCUT2D eigenvalue weighted by Gasteiger charge is -2.40. The fourth-order valence-corrected chi connectivity index (χ4v) is 4.36. The maximum absolute atomic E-state index is 6.47. The topological polar surface area (TPSA) is 32.5 Å². The van der Waals surface area contributed by atoms with E-state index in [1.807, 2.05) is 0 Å². The lowest BCUT2D eigenvalue weighted by atomic mass is 9.73. The van der Waals surface area contributed by atoms with Gasteiger partial charge in [-0.3, -0.25) is 4.90 Å². The predicted octanol–water partition coefficient (Wildman–Crippen LogP) is 2.80. The third-order valence-corrected chi connectivity index (χ3v) is 5.99. The summed E-state index contributed by atoms with van der Waals surface area (Å²) in [6.07, 6.45) is 6.50. The van der Waals surface area contributed by atoms with Crippen molar-refractivity contribution in [2.45, 2.75) is 65.0 Å². The number of rotatable bonds is 4. The smallest absolute Gasteiger partial charge is 0.0220 e. The Bertz CT molecular complexity index is 305. The molecule has 1 saturated carbocycles. The molecule has 3 heteroatoms. The largest absolute Gasteiger partial charge is 0.327 e. The highest BCUT2D eigenvalue weighted by atomic mass is 15.2. The van der Waals surface area contributed by atoms with Crippen LogP contribution in [-0.4, -0.2) is 55.1 Å². The van der Waals surface area contributed by atoms with Crippen LogP contribution in [0.5, 0.6) is 0 Å². The minimum atomic E-state index is 0.429. The Labute approximate surface area is 132 Å². The van der Waals surface area contributed by atoms with E-state index >= 15 is 0 Å². The molecule has 0 aromatic rings. The van der Waals surface area contributed by atoms with Crippen molar-refractivity contribution < 1.29 is 0 Å². The zero-order valence-electron chi connectivity index (χ0n) is 14.7. The summed E-state index contributed by atoms with van der Waals surface area (Å²) >= 11 is 0. The molecule has 0 spiro atoms. The predicted molar refractivity (Wildman–Crippen MR) is 91.4 cm³/mol. The van der Waals surface area contributed by atoms with Crippen molar-refractivity contribution in [2.24, 2.45) is 23.5 Å². The minimum absolute atomic E-state index is 0.429. The first-order chi connectivity index (χ1) is 10.0. The van der Waals surface area contributed by atoms with Gasteiger partial charge in [0.25, 0.3) is 0 Å². The molecule has 2 rings (SSSR count). The van der Waals surface area contributed by atoms with E-state index in [2.05, 4.69) is 37.6 Å². The van der Waals surface area contributed by atoms with Crippen LogP contribution in [0.3, 0.4) is 0 Å². The number of nitrogens with two attached hydrogens (primary N) is 1. The van der Waals surface area contributed by atoms with E-state index in [9.17, 15) is 0 Å². The van der Waals surface area contributed by atoms with Crippen molar-refractivity contribution >= 4 is 0 Å². The summed E-state index contributed by atoms with van der Waals surface area (Å²) in [5, 5.41) is 0. The summed E-state index contributed by atoms with van der Waals surface area (Å²) in [4.78, 5) is 5.27. The van der Waals surface area contributed by atoms with E-state index in [1.165, 1.54) is 58.3 Å². The number of nitrogens with zero attached hydrogens (tertiary/aromatic N) is 2. The number of likely N-dealkylation sites (N-methyl/N-ethyl adjacent to an activating group) is 1. The Balaban J connectivity index is 1.96. The summed E-state index contributed by atoms with van der Waals surface area (Å²) in [7, 11) is 2.27. The molecule has 2 aliphatic rings. The Hall–Kier alpha value is -0.120. The molecule has 0 amide bonds. The maximum atomic E-state index is 6.47. The van der Waals surface area contributed by atoms with Gasteiger partial charge >= 0.3 is 0 Å². The van der Waals surface area contributed by atoms with Crippen molar-refractivity contribution in [1.29, 1.82) is 0 Å². The average molecular weight is 296 g/mol. The molecule has 0 radical (unpaired) electrons. The van der Waals surface area contributed by atoms with Crippen LogP contribution < -0.4 is 5.73 Å². The monoisotopic (exact) mass is 295 g/mol. The van der Waals surface area contributed by atoms with E-state index in [-0.39, 0.29) is 0 Å². The Morgan fingerprint density at radius 2 is 1.95 bits per heavy atom. The summed E-state index contributed by atoms with van der Waals surface area (Å²) in [6, 6.07) is 1.16. The second-order valence-electron chi connectivity index (χ2n) is 7.91. The highest BCUT2D eigenvalue weighted by Gasteiger charge is 2.32. The first kappa shape index (κ1) is 17.2. The van der Waals surface area contributed by atoms with Crippen LogP contribution >= 0.6 is 0 Å². The second-order valence-corrected chi connectivity index (χ2v) is 7.91. The van der Waals surface area contributed by atoms with Gasteiger partial charge in [-0.25, -0.2) is 0 Å². The molecule has 4 unspecified atom stereocenters. The van der Waals surface area contributed by atoms with Gasteiger partial charge in [0.05, 0.1) is 0 Å². The Morgan fingerprint density at radius 3 is 2.62 bits per heavy atom. The molecule has 21 heavy (non-hydrogen) atoms. The SMILES string of the molecule is CCC1CN(C)CCCN1CC1CC(C(C)C)CCC1N. The molecule has 1 aliphatic heterocycles. The molecule has 124 valence electrons. The van der Waals surface area contributed by atoms with Crippen LogP contribution in [0.2, 0.25) is 0 Å². The molecule has 2 N–H and O–H groups in total. The quantitative estimate of drug-likeness (QED) is 0.865. The van der Waals surface area contributed by atoms with Gasteiger partial charge in [0.2, 0.25) is 0 Å². The third-order valence-electron chi connectivity index (χ3n) is 5.99. The standard InChI is InChI=1S/C18H37N3/c1-5-17-13-20(4)9-6-10-21(17)12-16-11-15(14(2)3)7-8-18(16)19/h14-18H,5-13,19H2,1-4H3. The van der Waals surface area contributed by atoms with Crippen LogP contribution in [0.1, 0.15) is 52.9 Å². The highest BCUT2D eigenvalue weighted by molar-refractivity contribution is 4.88. The van der Waals surface area contributed by atoms with Gasteiger partial charge in [-0.1, -0.05) is 20.8 Å². The van der Waals surface area contributed by atoms with Crippen LogP contribution in [0.4, 0.5) is 0 Å². The average Bonchev–Trinajstić information content (AvgIpc) is 2.62. The second kappa shape index (κ2) is 7.94. The minimum Gasteiger partial charge on any atom is -0.327 e. The maximum Gasteiger partial charge on any atom is 0.0220 e. The summed E-state index contributed by atoms with van der Waals surface area (Å²) in [5.74, 6) is 2.42. The Morgan fingerprint density at radius 1 is 1.19 bits per heavy atom. The van der Waals surface area contributed by atoms with Crippen LogP contribution in [0.25, 0.3) is 0 Å². The molecule has 4 atom stereocenters. The molecule has 1 saturated heterocycles. The molecule has 0 bridgehead atoms.